The summed E-state index contributed by atoms with van der Waals surface area (Å²) >= 11 is 3.19. The van der Waals surface area contributed by atoms with Gasteiger partial charge in [0.2, 0.25) is 5.88 Å². The van der Waals surface area contributed by atoms with Crippen LogP contribution in [0.2, 0.25) is 0 Å². The van der Waals surface area contributed by atoms with Crippen molar-refractivity contribution < 1.29 is 14.9 Å². The molecule has 2 atom stereocenters. The number of hydrogen-bond donors (Lipinski definition) is 3. The number of aromatic nitrogens is 1. The van der Waals surface area contributed by atoms with E-state index in [1.54, 1.807) is 12.1 Å². The van der Waals surface area contributed by atoms with Crippen molar-refractivity contribution in [1.29, 1.82) is 0 Å². The fourth-order valence-corrected chi connectivity index (χ4v) is 1.74. The van der Waals surface area contributed by atoms with Gasteiger partial charge in [-0.15, -0.1) is 0 Å². The predicted octanol–water partition coefficient (Wildman–Crippen LogP) is 0.852. The van der Waals surface area contributed by atoms with Crippen LogP contribution in [-0.4, -0.2) is 33.7 Å². The van der Waals surface area contributed by atoms with E-state index in [1.807, 2.05) is 0 Å². The Morgan fingerprint density at radius 3 is 2.75 bits per heavy atom. The Labute approximate surface area is 102 Å². The smallest absolute Gasteiger partial charge is 0.213 e. The Hall–Kier alpha value is -0.850. The number of aliphatic hydroxyl groups excluding tert-OH is 2. The van der Waals surface area contributed by atoms with Crippen LogP contribution in [0.1, 0.15) is 18.2 Å². The summed E-state index contributed by atoms with van der Waals surface area (Å²) in [5, 5.41) is 20.1. The number of halogens is 1. The van der Waals surface area contributed by atoms with Crippen molar-refractivity contribution in [1.82, 2.24) is 4.98 Å². The number of alkyl halides is 1. The molecule has 0 amide bonds. The third kappa shape index (κ3) is 3.07. The molecule has 0 saturated heterocycles. The van der Waals surface area contributed by atoms with Gasteiger partial charge in [-0.25, -0.2) is 4.98 Å². The number of hydrogen-bond acceptors (Lipinski definition) is 5. The Kier molecular flexibility index (Phi) is 4.98. The molecule has 0 bridgehead atoms. The zero-order valence-corrected chi connectivity index (χ0v) is 10.5. The van der Waals surface area contributed by atoms with Gasteiger partial charge < -0.3 is 20.7 Å². The number of methoxy groups -OCH3 is 1. The second-order valence-corrected chi connectivity index (χ2v) is 4.11. The van der Waals surface area contributed by atoms with Crippen LogP contribution >= 0.6 is 15.9 Å². The molecule has 5 nitrogen and oxygen atoms in total. The highest BCUT2D eigenvalue weighted by Gasteiger charge is 2.21. The first-order valence-electron chi connectivity index (χ1n) is 4.82. The molecule has 0 radical (unpaired) electrons. The maximum Gasteiger partial charge on any atom is 0.213 e. The number of nitrogen functional groups attached to an aromatic ring is 1. The first kappa shape index (κ1) is 13.2. The van der Waals surface area contributed by atoms with Crippen molar-refractivity contribution in [2.24, 2.45) is 0 Å². The minimum absolute atomic E-state index is 0.243. The number of aliphatic hydroxyl groups is 2. The molecule has 90 valence electrons. The molecule has 0 fully saturated rings. The lowest BCUT2D eigenvalue weighted by atomic mass is 10.1. The molecule has 0 aromatic carbocycles. The number of nitrogens with zero attached hydrogens (tertiary/aromatic N) is 1. The normalized spacial score (nSPS) is 14.5. The Morgan fingerprint density at radius 2 is 2.19 bits per heavy atom. The van der Waals surface area contributed by atoms with Gasteiger partial charge in [-0.3, -0.25) is 0 Å². The molecule has 1 aromatic heterocycles. The highest BCUT2D eigenvalue weighted by Crippen LogP contribution is 2.25. The fourth-order valence-electron chi connectivity index (χ4n) is 1.27. The first-order valence-corrected chi connectivity index (χ1v) is 5.94. The molecule has 1 heterocycles. The SMILES string of the molecule is COc1ccc(N)c(C(O)C(O)CCBr)n1. The highest BCUT2D eigenvalue weighted by molar-refractivity contribution is 9.09. The monoisotopic (exact) mass is 290 g/mol. The number of rotatable bonds is 5. The summed E-state index contributed by atoms with van der Waals surface area (Å²) < 4.78 is 4.93. The van der Waals surface area contributed by atoms with E-state index in [2.05, 4.69) is 20.9 Å². The average molecular weight is 291 g/mol. The lowest BCUT2D eigenvalue weighted by Gasteiger charge is -2.18. The lowest BCUT2D eigenvalue weighted by Crippen LogP contribution is -2.21. The van der Waals surface area contributed by atoms with Crippen LogP contribution in [0.15, 0.2) is 12.1 Å². The topological polar surface area (TPSA) is 88.6 Å². The number of ether oxygens (including phenoxy) is 1. The molecule has 16 heavy (non-hydrogen) atoms. The van der Waals surface area contributed by atoms with Gasteiger partial charge in [-0.2, -0.15) is 0 Å². The molecule has 0 aliphatic carbocycles. The largest absolute Gasteiger partial charge is 0.481 e. The van der Waals surface area contributed by atoms with Crippen molar-refractivity contribution in [3.05, 3.63) is 17.8 Å². The van der Waals surface area contributed by atoms with E-state index in [1.165, 1.54) is 7.11 Å². The van der Waals surface area contributed by atoms with Crippen LogP contribution in [0.5, 0.6) is 5.88 Å². The zero-order valence-electron chi connectivity index (χ0n) is 8.93. The lowest BCUT2D eigenvalue weighted by molar-refractivity contribution is 0.0150. The third-order valence-corrected chi connectivity index (χ3v) is 2.65. The maximum atomic E-state index is 9.85. The van der Waals surface area contributed by atoms with Crippen molar-refractivity contribution in [2.75, 3.05) is 18.2 Å². The third-order valence-electron chi connectivity index (χ3n) is 2.19. The second-order valence-electron chi connectivity index (χ2n) is 3.32. The Bertz CT molecular complexity index is 349. The maximum absolute atomic E-state index is 9.85. The number of nitrogens with two attached hydrogens (primary N) is 1. The van der Waals surface area contributed by atoms with E-state index < -0.39 is 12.2 Å². The van der Waals surface area contributed by atoms with Gasteiger partial charge in [-0.05, 0) is 12.5 Å². The van der Waals surface area contributed by atoms with Gasteiger partial charge in [0.25, 0.3) is 0 Å². The molecular formula is C10H15BrN2O3. The van der Waals surface area contributed by atoms with E-state index in [0.29, 0.717) is 23.3 Å². The second kappa shape index (κ2) is 6.03. The highest BCUT2D eigenvalue weighted by atomic mass is 79.9. The first-order chi connectivity index (χ1) is 7.60. The molecule has 2 unspecified atom stereocenters. The van der Waals surface area contributed by atoms with Gasteiger partial charge in [0, 0.05) is 11.4 Å². The van der Waals surface area contributed by atoms with Gasteiger partial charge in [-0.1, -0.05) is 15.9 Å². The van der Waals surface area contributed by atoms with Crippen molar-refractivity contribution >= 4 is 21.6 Å². The van der Waals surface area contributed by atoms with Crippen LogP contribution < -0.4 is 10.5 Å². The van der Waals surface area contributed by atoms with E-state index in [4.69, 9.17) is 10.5 Å². The number of pyridine rings is 1. The van der Waals surface area contributed by atoms with Crippen molar-refractivity contribution in [3.63, 3.8) is 0 Å². The summed E-state index contributed by atoms with van der Waals surface area (Å²) in [6.07, 6.45) is -1.59. The Balaban J connectivity index is 2.92. The average Bonchev–Trinajstić information content (AvgIpc) is 2.29. The Morgan fingerprint density at radius 1 is 1.50 bits per heavy atom. The van der Waals surface area contributed by atoms with E-state index >= 15 is 0 Å². The quantitative estimate of drug-likeness (QED) is 0.700. The van der Waals surface area contributed by atoms with Crippen LogP contribution in [-0.2, 0) is 0 Å². The molecule has 1 rings (SSSR count). The standard InChI is InChI=1S/C10H15BrN2O3/c1-16-8-3-2-6(12)9(13-8)10(15)7(14)4-5-11/h2-3,7,10,14-15H,4-5,12H2,1H3. The van der Waals surface area contributed by atoms with Gasteiger partial charge in [0.1, 0.15) is 6.10 Å². The van der Waals surface area contributed by atoms with Crippen molar-refractivity contribution in [2.45, 2.75) is 18.6 Å². The van der Waals surface area contributed by atoms with Gasteiger partial charge in [0.05, 0.1) is 24.6 Å². The molecule has 0 aliphatic heterocycles. The molecule has 1 aromatic rings. The van der Waals surface area contributed by atoms with Crippen molar-refractivity contribution in [3.8, 4) is 5.88 Å². The fraction of sp³-hybridized carbons (Fsp3) is 0.500. The van der Waals surface area contributed by atoms with Gasteiger partial charge in [0.15, 0.2) is 0 Å². The summed E-state index contributed by atoms with van der Waals surface area (Å²) in [6.45, 7) is 0. The molecule has 6 heteroatoms. The zero-order chi connectivity index (χ0) is 12.1. The molecule has 0 saturated carbocycles. The number of anilines is 1. The minimum atomic E-state index is -1.10. The van der Waals surface area contributed by atoms with Crippen LogP contribution in [0.3, 0.4) is 0 Å². The molecular weight excluding hydrogens is 276 g/mol. The summed E-state index contributed by atoms with van der Waals surface area (Å²) in [5.41, 5.74) is 6.26. The van der Waals surface area contributed by atoms with Gasteiger partial charge >= 0.3 is 0 Å². The summed E-state index contributed by atoms with van der Waals surface area (Å²) in [6, 6.07) is 3.19. The molecule has 0 spiro atoms. The minimum Gasteiger partial charge on any atom is -0.481 e. The van der Waals surface area contributed by atoms with E-state index in [9.17, 15) is 10.2 Å². The molecule has 0 aliphatic rings. The summed E-state index contributed by atoms with van der Waals surface area (Å²) in [5.74, 6) is 0.356. The van der Waals surface area contributed by atoms with E-state index in [-0.39, 0.29) is 5.69 Å². The predicted molar refractivity (Wildman–Crippen MR) is 64.6 cm³/mol. The molecule has 4 N–H and O–H groups in total. The van der Waals surface area contributed by atoms with E-state index in [0.717, 1.165) is 0 Å². The summed E-state index contributed by atoms with van der Waals surface area (Å²) in [7, 11) is 1.48. The van der Waals surface area contributed by atoms with Crippen LogP contribution in [0, 0.1) is 0 Å². The van der Waals surface area contributed by atoms with Crippen LogP contribution in [0.4, 0.5) is 5.69 Å². The van der Waals surface area contributed by atoms with Crippen LogP contribution in [0.25, 0.3) is 0 Å². The summed E-state index contributed by atoms with van der Waals surface area (Å²) in [4.78, 5) is 4.02.